The number of benzene rings is 7. The summed E-state index contributed by atoms with van der Waals surface area (Å²) in [5.41, 5.74) is 14.0. The average molecular weight is 639 g/mol. The lowest BCUT2D eigenvalue weighted by Gasteiger charge is -2.18. The molecule has 0 aliphatic rings. The normalized spacial score (nSPS) is 11.4. The van der Waals surface area contributed by atoms with Crippen molar-refractivity contribution in [1.29, 1.82) is 10.5 Å². The van der Waals surface area contributed by atoms with Crippen molar-refractivity contribution < 1.29 is 0 Å². The molecule has 0 fully saturated rings. The summed E-state index contributed by atoms with van der Waals surface area (Å²) in [5, 5.41) is 24.6. The van der Waals surface area contributed by atoms with Gasteiger partial charge in [0.2, 0.25) is 0 Å². The molecule has 0 N–H and O–H groups in total. The van der Waals surface area contributed by atoms with Gasteiger partial charge in [0, 0.05) is 38.4 Å². The lowest BCUT2D eigenvalue weighted by atomic mass is 9.91. The summed E-state index contributed by atoms with van der Waals surface area (Å²) in [6, 6.07) is 55.3. The molecule has 0 unspecified atom stereocenters. The quantitative estimate of drug-likeness (QED) is 0.193. The number of nitriles is 2. The fourth-order valence-electron chi connectivity index (χ4n) is 7.88. The summed E-state index contributed by atoms with van der Waals surface area (Å²) < 4.78 is 4.72. The zero-order valence-corrected chi connectivity index (χ0v) is 27.6. The molecule has 2 heterocycles. The molecule has 0 amide bonds. The third-order valence-electron chi connectivity index (χ3n) is 10.0. The summed E-state index contributed by atoms with van der Waals surface area (Å²) in [7, 11) is 0. The van der Waals surface area contributed by atoms with Gasteiger partial charge >= 0.3 is 0 Å². The van der Waals surface area contributed by atoms with Crippen LogP contribution in [0.15, 0.2) is 146 Å². The van der Waals surface area contributed by atoms with E-state index in [4.69, 9.17) is 0 Å². The highest BCUT2D eigenvalue weighted by atomic mass is 15.0. The Kier molecular flexibility index (Phi) is 6.66. The van der Waals surface area contributed by atoms with Gasteiger partial charge in [0.05, 0.1) is 51.0 Å². The molecule has 9 aromatic rings. The topological polar surface area (TPSA) is 57.4 Å². The minimum atomic E-state index is 0.469. The summed E-state index contributed by atoms with van der Waals surface area (Å²) in [6.07, 6.45) is 0. The molecule has 0 bridgehead atoms. The van der Waals surface area contributed by atoms with Gasteiger partial charge in [-0.1, -0.05) is 97.1 Å². The molecule has 0 saturated carbocycles. The van der Waals surface area contributed by atoms with Crippen LogP contribution in [0.2, 0.25) is 0 Å². The minimum absolute atomic E-state index is 0.469. The van der Waals surface area contributed by atoms with E-state index >= 15 is 0 Å². The Hall–Kier alpha value is -6.88. The van der Waals surface area contributed by atoms with E-state index in [2.05, 4.69) is 163 Å². The highest BCUT2D eigenvalue weighted by Gasteiger charge is 2.23. The number of fused-ring (bicyclic) bond motifs is 6. The molecule has 0 atom stereocenters. The van der Waals surface area contributed by atoms with Gasteiger partial charge in [0.25, 0.3) is 0 Å². The third kappa shape index (κ3) is 4.30. The van der Waals surface area contributed by atoms with Crippen LogP contribution < -0.4 is 0 Å². The van der Waals surface area contributed by atoms with Crippen molar-refractivity contribution in [2.45, 2.75) is 13.8 Å². The molecule has 0 aliphatic heterocycles. The molecule has 2 aromatic heterocycles. The fraction of sp³-hybridized carbons (Fsp3) is 0.0435. The predicted molar refractivity (Wildman–Crippen MR) is 205 cm³/mol. The van der Waals surface area contributed by atoms with Crippen LogP contribution in [0, 0.1) is 36.5 Å². The van der Waals surface area contributed by atoms with Gasteiger partial charge < -0.3 is 9.13 Å². The van der Waals surface area contributed by atoms with Crippen LogP contribution in [0.25, 0.3) is 77.2 Å². The number of aromatic nitrogens is 2. The molecule has 9 rings (SSSR count). The molecule has 0 aliphatic carbocycles. The maximum absolute atomic E-state index is 10.3. The van der Waals surface area contributed by atoms with Crippen molar-refractivity contribution in [3.05, 3.63) is 168 Å². The second-order valence-electron chi connectivity index (χ2n) is 12.9. The van der Waals surface area contributed by atoms with Gasteiger partial charge in [0.15, 0.2) is 0 Å². The maximum Gasteiger partial charge on any atom is 0.0998 e. The van der Waals surface area contributed by atoms with E-state index in [1.807, 2.05) is 6.07 Å². The second-order valence-corrected chi connectivity index (χ2v) is 12.9. The zero-order chi connectivity index (χ0) is 33.9. The second kappa shape index (κ2) is 11.4. The van der Waals surface area contributed by atoms with Crippen molar-refractivity contribution in [3.8, 4) is 45.8 Å². The van der Waals surface area contributed by atoms with E-state index in [1.54, 1.807) is 12.1 Å². The van der Waals surface area contributed by atoms with Crippen LogP contribution in [0.1, 0.15) is 22.3 Å². The number of aryl methyl sites for hydroxylation is 2. The van der Waals surface area contributed by atoms with Crippen LogP contribution >= 0.6 is 0 Å². The SMILES string of the molecule is Cc1cccc(C)c1-n1c2ccccc2c2c(-c3ccc4c(c3)c3ccccc3n4-c3ccccc3)ccc(-c3ccc(C#N)cc3C#N)c21. The number of hydrogen-bond acceptors (Lipinski definition) is 2. The van der Waals surface area contributed by atoms with Gasteiger partial charge in [-0.05, 0) is 84.6 Å². The Morgan fingerprint density at radius 3 is 1.86 bits per heavy atom. The standard InChI is InChI=1S/C46H30N4/c1-29-11-10-12-30(2)45(29)50-42-18-9-7-16-39(42)44-36(22-23-38(46(44)50)35-21-19-31(27-47)25-33(35)28-48)32-20-24-43-40(26-32)37-15-6-8-17-41(37)49(43)34-13-4-3-5-14-34/h3-26H,1-2H3. The van der Waals surface area contributed by atoms with Crippen molar-refractivity contribution >= 4 is 43.6 Å². The van der Waals surface area contributed by atoms with Crippen molar-refractivity contribution in [2.75, 3.05) is 0 Å². The molecular formula is C46H30N4. The molecule has 0 spiro atoms. The molecule has 4 heteroatoms. The van der Waals surface area contributed by atoms with Gasteiger partial charge in [-0.15, -0.1) is 0 Å². The van der Waals surface area contributed by atoms with Gasteiger partial charge in [-0.3, -0.25) is 0 Å². The summed E-state index contributed by atoms with van der Waals surface area (Å²) in [4.78, 5) is 0. The largest absolute Gasteiger partial charge is 0.309 e. The summed E-state index contributed by atoms with van der Waals surface area (Å²) in [5.74, 6) is 0. The van der Waals surface area contributed by atoms with Crippen molar-refractivity contribution in [1.82, 2.24) is 9.13 Å². The van der Waals surface area contributed by atoms with E-state index in [1.165, 1.54) is 27.4 Å². The highest BCUT2D eigenvalue weighted by Crippen LogP contribution is 2.45. The van der Waals surface area contributed by atoms with Crippen molar-refractivity contribution in [3.63, 3.8) is 0 Å². The Bertz CT molecular complexity index is 2890. The molecule has 4 nitrogen and oxygen atoms in total. The maximum atomic E-state index is 10.3. The summed E-state index contributed by atoms with van der Waals surface area (Å²) >= 11 is 0. The Morgan fingerprint density at radius 1 is 0.480 bits per heavy atom. The number of para-hydroxylation sites is 4. The van der Waals surface area contributed by atoms with Crippen molar-refractivity contribution in [2.24, 2.45) is 0 Å². The Labute approximate surface area is 289 Å². The third-order valence-corrected chi connectivity index (χ3v) is 10.0. The fourth-order valence-corrected chi connectivity index (χ4v) is 7.88. The van der Waals surface area contributed by atoms with Crippen LogP contribution in [-0.4, -0.2) is 9.13 Å². The van der Waals surface area contributed by atoms with Gasteiger partial charge in [0.1, 0.15) is 0 Å². The monoisotopic (exact) mass is 638 g/mol. The summed E-state index contributed by atoms with van der Waals surface area (Å²) in [6.45, 7) is 4.32. The molecular weight excluding hydrogens is 609 g/mol. The van der Waals surface area contributed by atoms with Gasteiger partial charge in [-0.2, -0.15) is 10.5 Å². The first-order valence-corrected chi connectivity index (χ1v) is 16.7. The van der Waals surface area contributed by atoms with E-state index in [0.717, 1.165) is 61.0 Å². The van der Waals surface area contributed by atoms with E-state index in [0.29, 0.717) is 11.1 Å². The molecule has 234 valence electrons. The molecule has 0 radical (unpaired) electrons. The minimum Gasteiger partial charge on any atom is -0.309 e. The van der Waals surface area contributed by atoms with E-state index in [-0.39, 0.29) is 0 Å². The Balaban J connectivity index is 1.42. The lowest BCUT2D eigenvalue weighted by molar-refractivity contribution is 1.12. The number of nitrogens with zero attached hydrogens (tertiary/aromatic N) is 4. The average Bonchev–Trinajstić information content (AvgIpc) is 3.68. The highest BCUT2D eigenvalue weighted by molar-refractivity contribution is 6.21. The molecule has 0 saturated heterocycles. The smallest absolute Gasteiger partial charge is 0.0998 e. The number of rotatable bonds is 4. The van der Waals surface area contributed by atoms with Crippen LogP contribution in [0.4, 0.5) is 0 Å². The first-order valence-electron chi connectivity index (χ1n) is 16.7. The van der Waals surface area contributed by atoms with Gasteiger partial charge in [-0.25, -0.2) is 0 Å². The number of hydrogen-bond donors (Lipinski definition) is 0. The van der Waals surface area contributed by atoms with Crippen LogP contribution in [-0.2, 0) is 0 Å². The predicted octanol–water partition coefficient (Wildman–Crippen LogP) is 11.6. The first kappa shape index (κ1) is 29.3. The Morgan fingerprint density at radius 2 is 1.12 bits per heavy atom. The van der Waals surface area contributed by atoms with E-state index < -0.39 is 0 Å². The zero-order valence-electron chi connectivity index (χ0n) is 27.6. The first-order chi connectivity index (χ1) is 24.6. The van der Waals surface area contributed by atoms with Crippen LogP contribution in [0.3, 0.4) is 0 Å². The lowest BCUT2D eigenvalue weighted by Crippen LogP contribution is -2.01. The molecule has 50 heavy (non-hydrogen) atoms. The van der Waals surface area contributed by atoms with E-state index in [9.17, 15) is 10.5 Å². The van der Waals surface area contributed by atoms with Crippen LogP contribution in [0.5, 0.6) is 0 Å². The molecule has 7 aromatic carbocycles.